The van der Waals surface area contributed by atoms with Crippen LogP contribution in [0.5, 0.6) is 0 Å². The summed E-state index contributed by atoms with van der Waals surface area (Å²) >= 11 is 0. The van der Waals surface area contributed by atoms with E-state index in [9.17, 15) is 9.59 Å². The minimum absolute atomic E-state index is 0.0810. The number of hydrogen-bond acceptors (Lipinski definition) is 2. The summed E-state index contributed by atoms with van der Waals surface area (Å²) in [7, 11) is 0. The van der Waals surface area contributed by atoms with Crippen LogP contribution >= 0.6 is 0 Å². The summed E-state index contributed by atoms with van der Waals surface area (Å²) in [5, 5.41) is 0. The van der Waals surface area contributed by atoms with Crippen molar-refractivity contribution in [2.24, 2.45) is 11.8 Å². The van der Waals surface area contributed by atoms with Crippen LogP contribution in [0, 0.1) is 11.8 Å². The first-order chi connectivity index (χ1) is 4.26. The van der Waals surface area contributed by atoms with Gasteiger partial charge in [-0.3, -0.25) is 0 Å². The summed E-state index contributed by atoms with van der Waals surface area (Å²) in [4.78, 5) is 20.3. The predicted molar refractivity (Wildman–Crippen MR) is 35.1 cm³/mol. The average Bonchev–Trinajstić information content (AvgIpc) is 1.90. The van der Waals surface area contributed by atoms with Crippen LogP contribution in [-0.2, 0) is 9.59 Å². The van der Waals surface area contributed by atoms with Crippen molar-refractivity contribution < 1.29 is 9.59 Å². The van der Waals surface area contributed by atoms with Crippen molar-refractivity contribution in [2.45, 2.75) is 20.3 Å². The topological polar surface area (TPSA) is 34.1 Å². The summed E-state index contributed by atoms with van der Waals surface area (Å²) in [6, 6.07) is 0. The average molecular weight is 128 g/mol. The first-order valence-electron chi connectivity index (χ1n) is 3.16. The van der Waals surface area contributed by atoms with E-state index in [0.717, 1.165) is 19.0 Å². The van der Waals surface area contributed by atoms with Crippen LogP contribution in [0.1, 0.15) is 20.3 Å². The molecule has 2 atom stereocenters. The molecule has 0 aliphatic heterocycles. The Morgan fingerprint density at radius 2 is 1.89 bits per heavy atom. The van der Waals surface area contributed by atoms with Crippen molar-refractivity contribution in [3.05, 3.63) is 0 Å². The van der Waals surface area contributed by atoms with E-state index in [-0.39, 0.29) is 11.8 Å². The van der Waals surface area contributed by atoms with Gasteiger partial charge in [-0.1, -0.05) is 13.8 Å². The minimum atomic E-state index is -0.118. The maximum Gasteiger partial charge on any atom is 0.123 e. The van der Waals surface area contributed by atoms with Gasteiger partial charge in [-0.15, -0.1) is 0 Å². The minimum Gasteiger partial charge on any atom is -0.303 e. The van der Waals surface area contributed by atoms with Gasteiger partial charge in [0.2, 0.25) is 0 Å². The SMILES string of the molecule is CC[C@@H](C=O)[C@H](C)C=O. The number of rotatable bonds is 4. The number of hydrogen-bond donors (Lipinski definition) is 0. The Morgan fingerprint density at radius 3 is 2.00 bits per heavy atom. The van der Waals surface area contributed by atoms with Gasteiger partial charge in [-0.2, -0.15) is 0 Å². The van der Waals surface area contributed by atoms with Crippen molar-refractivity contribution in [1.29, 1.82) is 0 Å². The molecule has 0 radical (unpaired) electrons. The van der Waals surface area contributed by atoms with Crippen LogP contribution in [-0.4, -0.2) is 12.6 Å². The van der Waals surface area contributed by atoms with Crippen LogP contribution in [0.4, 0.5) is 0 Å². The van der Waals surface area contributed by atoms with Gasteiger partial charge in [-0.25, -0.2) is 0 Å². The van der Waals surface area contributed by atoms with Gasteiger partial charge in [0.25, 0.3) is 0 Å². The lowest BCUT2D eigenvalue weighted by Gasteiger charge is -2.07. The Bertz CT molecular complexity index is 99.1. The van der Waals surface area contributed by atoms with Crippen LogP contribution in [0.25, 0.3) is 0 Å². The van der Waals surface area contributed by atoms with Crippen molar-refractivity contribution in [3.8, 4) is 0 Å². The summed E-state index contributed by atoms with van der Waals surface area (Å²) in [5.41, 5.74) is 0. The fourth-order valence-electron chi connectivity index (χ4n) is 0.693. The van der Waals surface area contributed by atoms with Crippen molar-refractivity contribution in [2.75, 3.05) is 0 Å². The molecule has 0 N–H and O–H groups in total. The molecule has 0 aromatic rings. The van der Waals surface area contributed by atoms with Gasteiger partial charge in [0.05, 0.1) is 0 Å². The second-order valence-electron chi connectivity index (χ2n) is 2.20. The molecule has 0 aliphatic rings. The molecule has 2 nitrogen and oxygen atoms in total. The monoisotopic (exact) mass is 128 g/mol. The molecule has 0 bridgehead atoms. The van der Waals surface area contributed by atoms with E-state index in [1.807, 2.05) is 6.92 Å². The number of aldehydes is 2. The van der Waals surface area contributed by atoms with Gasteiger partial charge in [0.1, 0.15) is 12.6 Å². The molecule has 0 spiro atoms. The fourth-order valence-corrected chi connectivity index (χ4v) is 0.693. The second-order valence-corrected chi connectivity index (χ2v) is 2.20. The summed E-state index contributed by atoms with van der Waals surface area (Å²) in [6.45, 7) is 3.66. The van der Waals surface area contributed by atoms with E-state index in [4.69, 9.17) is 0 Å². The number of carbonyl (C=O) groups is 2. The molecule has 0 rings (SSSR count). The summed E-state index contributed by atoms with van der Waals surface area (Å²) < 4.78 is 0. The third-order valence-corrected chi connectivity index (χ3v) is 1.54. The van der Waals surface area contributed by atoms with E-state index in [2.05, 4.69) is 0 Å². The van der Waals surface area contributed by atoms with E-state index in [1.165, 1.54) is 0 Å². The molecule has 0 unspecified atom stereocenters. The van der Waals surface area contributed by atoms with Crippen LogP contribution < -0.4 is 0 Å². The van der Waals surface area contributed by atoms with Crippen LogP contribution in [0.15, 0.2) is 0 Å². The van der Waals surface area contributed by atoms with E-state index >= 15 is 0 Å². The Balaban J connectivity index is 3.77. The quantitative estimate of drug-likeness (QED) is 0.530. The molecule has 0 fully saturated rings. The van der Waals surface area contributed by atoms with Gasteiger partial charge < -0.3 is 9.59 Å². The van der Waals surface area contributed by atoms with Gasteiger partial charge in [-0.05, 0) is 6.42 Å². The zero-order chi connectivity index (χ0) is 7.28. The molecular weight excluding hydrogens is 116 g/mol. The van der Waals surface area contributed by atoms with Crippen LogP contribution in [0.2, 0.25) is 0 Å². The highest BCUT2D eigenvalue weighted by Gasteiger charge is 2.11. The Labute approximate surface area is 55.3 Å². The maximum absolute atomic E-state index is 10.2. The van der Waals surface area contributed by atoms with Gasteiger partial charge >= 0.3 is 0 Å². The lowest BCUT2D eigenvalue weighted by Crippen LogP contribution is -2.12. The molecule has 0 saturated carbocycles. The van der Waals surface area contributed by atoms with E-state index in [1.54, 1.807) is 6.92 Å². The Kier molecular flexibility index (Phi) is 3.93. The molecule has 2 heteroatoms. The third kappa shape index (κ3) is 2.40. The molecule has 0 saturated heterocycles. The highest BCUT2D eigenvalue weighted by Crippen LogP contribution is 2.09. The van der Waals surface area contributed by atoms with E-state index < -0.39 is 0 Å². The number of carbonyl (C=O) groups excluding carboxylic acids is 2. The lowest BCUT2D eigenvalue weighted by atomic mass is 9.95. The standard InChI is InChI=1S/C7H12O2/c1-3-7(5-9)6(2)4-8/h4-7H,3H2,1-2H3/t6-,7+/m1/s1. The smallest absolute Gasteiger partial charge is 0.123 e. The molecule has 0 aromatic heterocycles. The molecule has 0 amide bonds. The zero-order valence-electron chi connectivity index (χ0n) is 5.83. The predicted octanol–water partition coefficient (Wildman–Crippen LogP) is 1.05. The summed E-state index contributed by atoms with van der Waals surface area (Å²) in [6.07, 6.45) is 2.42. The molecule has 9 heavy (non-hydrogen) atoms. The molecule has 0 aromatic carbocycles. The molecule has 0 aliphatic carbocycles. The highest BCUT2D eigenvalue weighted by molar-refractivity contribution is 5.64. The molecular formula is C7H12O2. The molecule has 0 heterocycles. The maximum atomic E-state index is 10.2. The Hall–Kier alpha value is -0.660. The fraction of sp³-hybridized carbons (Fsp3) is 0.714. The lowest BCUT2D eigenvalue weighted by molar-refractivity contribution is -0.118. The van der Waals surface area contributed by atoms with Gasteiger partial charge in [0, 0.05) is 11.8 Å². The second kappa shape index (κ2) is 4.24. The van der Waals surface area contributed by atoms with Crippen molar-refractivity contribution in [3.63, 3.8) is 0 Å². The third-order valence-electron chi connectivity index (χ3n) is 1.54. The first-order valence-corrected chi connectivity index (χ1v) is 3.16. The highest BCUT2D eigenvalue weighted by atomic mass is 16.1. The Morgan fingerprint density at radius 1 is 1.33 bits per heavy atom. The molecule has 52 valence electrons. The van der Waals surface area contributed by atoms with Gasteiger partial charge in [0.15, 0.2) is 0 Å². The zero-order valence-corrected chi connectivity index (χ0v) is 5.83. The van der Waals surface area contributed by atoms with E-state index in [0.29, 0.717) is 0 Å². The first kappa shape index (κ1) is 8.34. The van der Waals surface area contributed by atoms with Crippen molar-refractivity contribution in [1.82, 2.24) is 0 Å². The summed E-state index contributed by atoms with van der Waals surface area (Å²) in [5.74, 6) is -0.199. The van der Waals surface area contributed by atoms with Crippen LogP contribution in [0.3, 0.4) is 0 Å². The normalized spacial score (nSPS) is 16.2. The largest absolute Gasteiger partial charge is 0.303 e. The van der Waals surface area contributed by atoms with Crippen molar-refractivity contribution >= 4 is 12.6 Å².